The third kappa shape index (κ3) is 2.72. The van der Waals surface area contributed by atoms with Crippen LogP contribution in [0.4, 0.5) is 13.2 Å². The van der Waals surface area contributed by atoms with E-state index in [1.54, 1.807) is 24.3 Å². The Morgan fingerprint density at radius 3 is 2.54 bits per heavy atom. The zero-order valence-electron chi connectivity index (χ0n) is 12.8. The van der Waals surface area contributed by atoms with E-state index in [2.05, 4.69) is 15.2 Å². The Hall–Kier alpha value is -1.83. The Labute approximate surface area is 140 Å². The SMILES string of the molecule is FC(F)(F)c1nnc2c(SC3CCCCC3)nc3ccccc3n12. The maximum Gasteiger partial charge on any atom is 0.452 e. The molecule has 3 aromatic rings. The molecule has 4 nitrogen and oxygen atoms in total. The molecule has 0 unspecified atom stereocenters. The van der Waals surface area contributed by atoms with Crippen LogP contribution in [-0.2, 0) is 6.18 Å². The van der Waals surface area contributed by atoms with Gasteiger partial charge in [0.2, 0.25) is 5.82 Å². The summed E-state index contributed by atoms with van der Waals surface area (Å²) in [6, 6.07) is 6.80. The van der Waals surface area contributed by atoms with E-state index in [9.17, 15) is 13.2 Å². The summed E-state index contributed by atoms with van der Waals surface area (Å²) in [6.45, 7) is 0. The predicted octanol–water partition coefficient (Wildman–Crippen LogP) is 4.72. The Morgan fingerprint density at radius 1 is 1.04 bits per heavy atom. The zero-order valence-corrected chi connectivity index (χ0v) is 13.6. The monoisotopic (exact) mass is 352 g/mol. The maximum atomic E-state index is 13.3. The highest BCUT2D eigenvalue weighted by atomic mass is 32.2. The summed E-state index contributed by atoms with van der Waals surface area (Å²) in [4.78, 5) is 4.57. The first kappa shape index (κ1) is 15.7. The average molecular weight is 352 g/mol. The highest BCUT2D eigenvalue weighted by Gasteiger charge is 2.38. The van der Waals surface area contributed by atoms with Crippen molar-refractivity contribution in [2.45, 2.75) is 48.6 Å². The van der Waals surface area contributed by atoms with Crippen LogP contribution in [-0.4, -0.2) is 24.8 Å². The number of para-hydroxylation sites is 2. The number of rotatable bonds is 2. The van der Waals surface area contributed by atoms with Gasteiger partial charge in [0.05, 0.1) is 11.0 Å². The molecule has 2 aromatic heterocycles. The number of hydrogen-bond acceptors (Lipinski definition) is 4. The van der Waals surface area contributed by atoms with Crippen LogP contribution in [0.2, 0.25) is 0 Å². The second kappa shape index (κ2) is 5.91. The molecule has 1 aliphatic carbocycles. The second-order valence-corrected chi connectivity index (χ2v) is 7.25. The summed E-state index contributed by atoms with van der Waals surface area (Å²) in [6.07, 6.45) is 1.10. The molecule has 0 radical (unpaired) electrons. The molecule has 0 N–H and O–H groups in total. The van der Waals surface area contributed by atoms with Gasteiger partial charge in [0.1, 0.15) is 5.03 Å². The molecular weight excluding hydrogens is 337 g/mol. The smallest absolute Gasteiger partial charge is 0.267 e. The second-order valence-electron chi connectivity index (χ2n) is 5.96. The summed E-state index contributed by atoms with van der Waals surface area (Å²) >= 11 is 1.53. The van der Waals surface area contributed by atoms with Crippen LogP contribution in [0.5, 0.6) is 0 Å². The largest absolute Gasteiger partial charge is 0.452 e. The van der Waals surface area contributed by atoms with E-state index in [0.29, 0.717) is 21.3 Å². The van der Waals surface area contributed by atoms with Crippen LogP contribution in [0.3, 0.4) is 0 Å². The highest BCUT2D eigenvalue weighted by molar-refractivity contribution is 8.00. The number of benzene rings is 1. The van der Waals surface area contributed by atoms with Crippen molar-refractivity contribution in [1.82, 2.24) is 19.6 Å². The molecule has 0 amide bonds. The quantitative estimate of drug-likeness (QED) is 0.669. The lowest BCUT2D eigenvalue weighted by Gasteiger charge is -2.20. The molecule has 1 fully saturated rings. The van der Waals surface area contributed by atoms with E-state index >= 15 is 0 Å². The van der Waals surface area contributed by atoms with Gasteiger partial charge in [0.25, 0.3) is 0 Å². The number of thioether (sulfide) groups is 1. The zero-order chi connectivity index (χ0) is 16.7. The van der Waals surface area contributed by atoms with Gasteiger partial charge in [-0.25, -0.2) is 4.98 Å². The van der Waals surface area contributed by atoms with Crippen LogP contribution in [0.1, 0.15) is 37.9 Å². The number of nitrogens with zero attached hydrogens (tertiary/aromatic N) is 4. The number of halogens is 3. The van der Waals surface area contributed by atoms with Gasteiger partial charge < -0.3 is 0 Å². The molecule has 8 heteroatoms. The molecule has 4 rings (SSSR count). The van der Waals surface area contributed by atoms with Crippen molar-refractivity contribution in [3.63, 3.8) is 0 Å². The Balaban J connectivity index is 1.91. The third-order valence-corrected chi connectivity index (χ3v) is 5.58. The molecule has 0 aliphatic heterocycles. The van der Waals surface area contributed by atoms with Crippen molar-refractivity contribution in [3.05, 3.63) is 30.1 Å². The molecule has 24 heavy (non-hydrogen) atoms. The molecule has 0 bridgehead atoms. The maximum absolute atomic E-state index is 13.3. The molecule has 1 saturated carbocycles. The number of fused-ring (bicyclic) bond motifs is 3. The van der Waals surface area contributed by atoms with Crippen molar-refractivity contribution in [1.29, 1.82) is 0 Å². The van der Waals surface area contributed by atoms with Crippen molar-refractivity contribution < 1.29 is 13.2 Å². The van der Waals surface area contributed by atoms with Gasteiger partial charge in [0.15, 0.2) is 5.65 Å². The fourth-order valence-corrected chi connectivity index (χ4v) is 4.43. The molecule has 1 aromatic carbocycles. The molecule has 0 atom stereocenters. The van der Waals surface area contributed by atoms with E-state index in [1.807, 2.05) is 0 Å². The van der Waals surface area contributed by atoms with Gasteiger partial charge in [-0.15, -0.1) is 10.2 Å². The topological polar surface area (TPSA) is 43.1 Å². The minimum absolute atomic E-state index is 0.191. The lowest BCUT2D eigenvalue weighted by atomic mass is 10.0. The number of alkyl halides is 3. The Bertz CT molecular complexity index is 884. The lowest BCUT2D eigenvalue weighted by molar-refractivity contribution is -0.145. The minimum Gasteiger partial charge on any atom is -0.267 e. The Morgan fingerprint density at radius 2 is 1.79 bits per heavy atom. The summed E-state index contributed by atoms with van der Waals surface area (Å²) < 4.78 is 41.0. The standard InChI is InChI=1S/C16H15F3N4S/c17-16(18,19)15-22-21-13-14(24-10-6-2-1-3-7-10)20-11-8-4-5-9-12(11)23(13)15/h4-5,8-10H,1-3,6-7H2. The van der Waals surface area contributed by atoms with Gasteiger partial charge in [0, 0.05) is 5.25 Å². The van der Waals surface area contributed by atoms with E-state index in [0.717, 1.165) is 30.1 Å². The molecule has 126 valence electrons. The van der Waals surface area contributed by atoms with Gasteiger partial charge >= 0.3 is 6.18 Å². The lowest BCUT2D eigenvalue weighted by Crippen LogP contribution is -2.12. The first-order chi connectivity index (χ1) is 11.5. The number of aromatic nitrogens is 4. The van der Waals surface area contributed by atoms with Crippen molar-refractivity contribution in [2.75, 3.05) is 0 Å². The first-order valence-electron chi connectivity index (χ1n) is 7.92. The van der Waals surface area contributed by atoms with E-state index in [1.165, 1.54) is 18.2 Å². The highest BCUT2D eigenvalue weighted by Crippen LogP contribution is 2.37. The first-order valence-corrected chi connectivity index (χ1v) is 8.80. The van der Waals surface area contributed by atoms with Crippen LogP contribution in [0.25, 0.3) is 16.7 Å². The molecular formula is C16H15F3N4S. The van der Waals surface area contributed by atoms with Gasteiger partial charge in [-0.1, -0.05) is 43.2 Å². The van der Waals surface area contributed by atoms with Crippen LogP contribution in [0, 0.1) is 0 Å². The Kier molecular flexibility index (Phi) is 3.86. The minimum atomic E-state index is -4.56. The fraction of sp³-hybridized carbons (Fsp3) is 0.438. The van der Waals surface area contributed by atoms with Crippen molar-refractivity contribution in [3.8, 4) is 0 Å². The summed E-state index contributed by atoms with van der Waals surface area (Å²) in [5.74, 6) is -0.999. The summed E-state index contributed by atoms with van der Waals surface area (Å²) in [7, 11) is 0. The molecule has 0 spiro atoms. The van der Waals surface area contributed by atoms with Gasteiger partial charge in [-0.05, 0) is 25.0 Å². The van der Waals surface area contributed by atoms with E-state index in [4.69, 9.17) is 0 Å². The van der Waals surface area contributed by atoms with Gasteiger partial charge in [-0.2, -0.15) is 13.2 Å². The third-order valence-electron chi connectivity index (χ3n) is 4.28. The predicted molar refractivity (Wildman–Crippen MR) is 86.0 cm³/mol. The van der Waals surface area contributed by atoms with Crippen LogP contribution < -0.4 is 0 Å². The van der Waals surface area contributed by atoms with Crippen molar-refractivity contribution >= 4 is 28.4 Å². The average Bonchev–Trinajstić information content (AvgIpc) is 3.02. The van der Waals surface area contributed by atoms with Gasteiger partial charge in [-0.3, -0.25) is 4.40 Å². The van der Waals surface area contributed by atoms with E-state index < -0.39 is 12.0 Å². The summed E-state index contributed by atoms with van der Waals surface area (Å²) in [5, 5.41) is 8.12. The molecule has 0 saturated heterocycles. The molecule has 1 aliphatic rings. The van der Waals surface area contributed by atoms with Crippen LogP contribution >= 0.6 is 11.8 Å². The normalized spacial score (nSPS) is 17.0. The fourth-order valence-electron chi connectivity index (χ4n) is 3.16. The number of hydrogen-bond donors (Lipinski definition) is 0. The molecule has 2 heterocycles. The van der Waals surface area contributed by atoms with Crippen LogP contribution in [0.15, 0.2) is 29.3 Å². The van der Waals surface area contributed by atoms with Crippen molar-refractivity contribution in [2.24, 2.45) is 0 Å². The summed E-state index contributed by atoms with van der Waals surface area (Å²) in [5.41, 5.74) is 1.09. The van der Waals surface area contributed by atoms with E-state index in [-0.39, 0.29) is 5.65 Å².